The minimum absolute atomic E-state index is 0.739. The van der Waals surface area contributed by atoms with Crippen LogP contribution >= 0.6 is 11.3 Å². The lowest BCUT2D eigenvalue weighted by atomic mass is 10.2. The number of hydrogen-bond acceptors (Lipinski definition) is 4. The molecule has 1 unspecified atom stereocenters. The first-order chi connectivity index (χ1) is 11.8. The van der Waals surface area contributed by atoms with E-state index in [1.54, 1.807) is 17.5 Å². The molecule has 1 atom stereocenters. The maximum atomic E-state index is 5.89. The molecule has 2 heterocycles. The second kappa shape index (κ2) is 6.55. The minimum Gasteiger partial charge on any atom is -0.435 e. The summed E-state index contributed by atoms with van der Waals surface area (Å²) < 4.78 is 7.13. The van der Waals surface area contributed by atoms with E-state index in [1.807, 2.05) is 36.4 Å². The topological polar surface area (TPSA) is 43.4 Å². The summed E-state index contributed by atoms with van der Waals surface area (Å²) in [5.74, 6) is 1.57. The van der Waals surface area contributed by atoms with Gasteiger partial charge in [0.15, 0.2) is 12.3 Å². The number of rotatable bonds is 5. The average Bonchev–Trinajstić information content (AvgIpc) is 3.21. The van der Waals surface area contributed by atoms with E-state index in [-0.39, 0.29) is 0 Å². The Morgan fingerprint density at radius 1 is 1.00 bits per heavy atom. The number of benzene rings is 2. The number of hydrogen-bond donors (Lipinski definition) is 1. The van der Waals surface area contributed by atoms with Crippen molar-refractivity contribution in [1.82, 2.24) is 9.97 Å². The second-order valence-corrected chi connectivity index (χ2v) is 6.99. The van der Waals surface area contributed by atoms with Crippen LogP contribution in [0, 0.1) is 0 Å². The molecule has 4 rings (SSSR count). The van der Waals surface area contributed by atoms with Crippen LogP contribution in [-0.4, -0.2) is 17.0 Å². The van der Waals surface area contributed by atoms with Crippen LogP contribution in [0.1, 0.15) is 10.9 Å². The first-order valence-corrected chi connectivity index (χ1v) is 8.75. The van der Waals surface area contributed by atoms with E-state index >= 15 is 0 Å². The molecule has 0 saturated carbocycles. The zero-order valence-corrected chi connectivity index (χ0v) is 14.2. The van der Waals surface area contributed by atoms with Crippen LogP contribution in [0.3, 0.4) is 0 Å². The van der Waals surface area contributed by atoms with Crippen molar-refractivity contribution < 1.29 is 9.32 Å². The van der Waals surface area contributed by atoms with Crippen molar-refractivity contribution in [2.24, 2.45) is 0 Å². The van der Waals surface area contributed by atoms with Crippen LogP contribution in [0.15, 0.2) is 65.2 Å². The molecular weight excluding hydrogens is 318 g/mol. The number of nitrogens with one attached hydrogen (secondary N) is 1. The lowest BCUT2D eigenvalue weighted by Crippen LogP contribution is -3.06. The van der Waals surface area contributed by atoms with Crippen molar-refractivity contribution >= 4 is 21.6 Å². The zero-order chi connectivity index (χ0) is 16.4. The Balaban J connectivity index is 1.44. The van der Waals surface area contributed by atoms with Crippen LogP contribution in [0.2, 0.25) is 0 Å². The largest absolute Gasteiger partial charge is 0.435 e. The third-order valence-electron chi connectivity index (χ3n) is 3.86. The fourth-order valence-corrected chi connectivity index (χ4v) is 3.78. The van der Waals surface area contributed by atoms with Crippen molar-refractivity contribution in [1.29, 1.82) is 0 Å². The van der Waals surface area contributed by atoms with Gasteiger partial charge in [0.05, 0.1) is 23.5 Å². The average molecular weight is 336 g/mol. The van der Waals surface area contributed by atoms with Gasteiger partial charge in [-0.15, -0.1) is 11.3 Å². The van der Waals surface area contributed by atoms with Crippen molar-refractivity contribution in [2.45, 2.75) is 13.1 Å². The molecule has 0 aliphatic carbocycles. The SMILES string of the molecule is C[NH+](Cc1ncc(-c2ccccc2)o1)Cc1nc2ccccc2s1. The lowest BCUT2D eigenvalue weighted by Gasteiger charge is -2.09. The Kier molecular flexibility index (Phi) is 4.11. The molecular formula is C19H18N3OS+. The summed E-state index contributed by atoms with van der Waals surface area (Å²) in [4.78, 5) is 10.4. The summed E-state index contributed by atoms with van der Waals surface area (Å²) in [6, 6.07) is 18.3. The molecule has 4 nitrogen and oxygen atoms in total. The Bertz CT molecular complexity index is 912. The van der Waals surface area contributed by atoms with Gasteiger partial charge >= 0.3 is 0 Å². The maximum Gasteiger partial charge on any atom is 0.250 e. The fraction of sp³-hybridized carbons (Fsp3) is 0.158. The van der Waals surface area contributed by atoms with E-state index in [0.29, 0.717) is 0 Å². The molecule has 2 aromatic carbocycles. The molecule has 0 saturated heterocycles. The molecule has 1 N–H and O–H groups in total. The van der Waals surface area contributed by atoms with Gasteiger partial charge in [-0.05, 0) is 12.1 Å². The van der Waals surface area contributed by atoms with Crippen molar-refractivity contribution in [3.8, 4) is 11.3 Å². The first kappa shape index (κ1) is 15.1. The molecule has 2 aromatic heterocycles. The quantitative estimate of drug-likeness (QED) is 0.609. The number of thiazole rings is 1. The monoisotopic (exact) mass is 336 g/mol. The highest BCUT2D eigenvalue weighted by Crippen LogP contribution is 2.21. The van der Waals surface area contributed by atoms with Crippen molar-refractivity contribution in [3.05, 3.63) is 71.7 Å². The zero-order valence-electron chi connectivity index (χ0n) is 13.4. The van der Waals surface area contributed by atoms with E-state index in [0.717, 1.165) is 40.8 Å². The van der Waals surface area contributed by atoms with Crippen molar-refractivity contribution in [2.75, 3.05) is 7.05 Å². The highest BCUT2D eigenvalue weighted by atomic mass is 32.1. The van der Waals surface area contributed by atoms with E-state index < -0.39 is 0 Å². The van der Waals surface area contributed by atoms with Crippen LogP contribution in [-0.2, 0) is 13.1 Å². The number of quaternary nitrogens is 1. The molecule has 5 heteroatoms. The minimum atomic E-state index is 0.739. The number of oxazole rings is 1. The van der Waals surface area contributed by atoms with Gasteiger partial charge in [0, 0.05) is 5.56 Å². The van der Waals surface area contributed by atoms with Gasteiger partial charge < -0.3 is 9.32 Å². The van der Waals surface area contributed by atoms with Gasteiger partial charge in [-0.1, -0.05) is 42.5 Å². The van der Waals surface area contributed by atoms with Crippen LogP contribution in [0.5, 0.6) is 0 Å². The van der Waals surface area contributed by atoms with E-state index in [2.05, 4.69) is 30.2 Å². The molecule has 120 valence electrons. The standard InChI is InChI=1S/C19H17N3OS/c1-22(13-19-21-15-9-5-6-10-17(15)24-19)12-18-20-11-16(23-18)14-7-3-2-4-8-14/h2-11H,12-13H2,1H3/p+1. The number of aromatic nitrogens is 2. The van der Waals surface area contributed by atoms with Crippen LogP contribution in [0.4, 0.5) is 0 Å². The molecule has 0 spiro atoms. The smallest absolute Gasteiger partial charge is 0.250 e. The summed E-state index contributed by atoms with van der Waals surface area (Å²) in [6.07, 6.45) is 1.80. The van der Waals surface area contributed by atoms with E-state index in [1.165, 1.54) is 9.60 Å². The van der Waals surface area contributed by atoms with E-state index in [9.17, 15) is 0 Å². The summed E-state index contributed by atoms with van der Waals surface area (Å²) in [7, 11) is 2.14. The molecule has 0 bridgehead atoms. The summed E-state index contributed by atoms with van der Waals surface area (Å²) in [5.41, 5.74) is 2.13. The number of nitrogens with zero attached hydrogens (tertiary/aromatic N) is 2. The predicted molar refractivity (Wildman–Crippen MR) is 95.9 cm³/mol. The van der Waals surface area contributed by atoms with Gasteiger partial charge in [0.1, 0.15) is 11.6 Å². The van der Waals surface area contributed by atoms with Gasteiger partial charge in [-0.3, -0.25) is 0 Å². The Morgan fingerprint density at radius 3 is 2.62 bits per heavy atom. The highest BCUT2D eigenvalue weighted by Gasteiger charge is 2.14. The van der Waals surface area contributed by atoms with Gasteiger partial charge in [0.2, 0.25) is 0 Å². The third kappa shape index (κ3) is 3.22. The summed E-state index contributed by atoms with van der Waals surface area (Å²) in [5, 5.41) is 1.14. The Hall–Kier alpha value is -2.50. The Labute approximate surface area is 144 Å². The second-order valence-electron chi connectivity index (χ2n) is 5.87. The molecule has 0 aliphatic rings. The first-order valence-electron chi connectivity index (χ1n) is 7.94. The molecule has 4 aromatic rings. The molecule has 0 aliphatic heterocycles. The third-order valence-corrected chi connectivity index (χ3v) is 4.89. The normalized spacial score (nSPS) is 12.5. The fourth-order valence-electron chi connectivity index (χ4n) is 2.70. The number of fused-ring (bicyclic) bond motifs is 1. The van der Waals surface area contributed by atoms with E-state index in [4.69, 9.17) is 9.40 Å². The Morgan fingerprint density at radius 2 is 1.79 bits per heavy atom. The van der Waals surface area contributed by atoms with Gasteiger partial charge in [-0.25, -0.2) is 9.97 Å². The van der Waals surface area contributed by atoms with Gasteiger partial charge in [-0.2, -0.15) is 0 Å². The van der Waals surface area contributed by atoms with Crippen molar-refractivity contribution in [3.63, 3.8) is 0 Å². The van der Waals surface area contributed by atoms with Crippen LogP contribution < -0.4 is 4.90 Å². The number of para-hydroxylation sites is 1. The van der Waals surface area contributed by atoms with Crippen LogP contribution in [0.25, 0.3) is 21.5 Å². The lowest BCUT2D eigenvalue weighted by molar-refractivity contribution is -0.909. The van der Waals surface area contributed by atoms with Gasteiger partial charge in [0.25, 0.3) is 5.89 Å². The molecule has 0 radical (unpaired) electrons. The highest BCUT2D eigenvalue weighted by molar-refractivity contribution is 7.18. The summed E-state index contributed by atoms with van der Waals surface area (Å²) >= 11 is 1.76. The maximum absolute atomic E-state index is 5.89. The predicted octanol–water partition coefficient (Wildman–Crippen LogP) is 3.17. The summed E-state index contributed by atoms with van der Waals surface area (Å²) in [6.45, 7) is 1.60. The molecule has 0 amide bonds. The molecule has 24 heavy (non-hydrogen) atoms. The molecule has 0 fully saturated rings.